The number of alkyl halides is 1. The minimum Gasteiger partial charge on any atom is -0.212 e. The molecular formula is C10H18ClNO2S. The SMILES string of the molecule is O=S(=O)(C1CC1)N(CCCCl)C1CCC1. The normalized spacial score (nSPS) is 23.1. The Labute approximate surface area is 96.8 Å². The molecule has 0 aromatic carbocycles. The van der Waals surface area contributed by atoms with Gasteiger partial charge in [0.15, 0.2) is 0 Å². The van der Waals surface area contributed by atoms with Crippen molar-refractivity contribution >= 4 is 21.6 Å². The molecule has 3 nitrogen and oxygen atoms in total. The van der Waals surface area contributed by atoms with Crippen LogP contribution in [0.2, 0.25) is 0 Å². The van der Waals surface area contributed by atoms with Crippen LogP contribution >= 0.6 is 11.6 Å². The molecule has 2 aliphatic carbocycles. The third-order valence-corrected chi connectivity index (χ3v) is 5.98. The third kappa shape index (κ3) is 2.48. The predicted molar refractivity (Wildman–Crippen MR) is 61.6 cm³/mol. The molecule has 0 atom stereocenters. The molecule has 0 radical (unpaired) electrons. The lowest BCUT2D eigenvalue weighted by Gasteiger charge is -2.36. The average Bonchev–Trinajstić information content (AvgIpc) is 2.91. The van der Waals surface area contributed by atoms with Crippen LogP contribution in [0.4, 0.5) is 0 Å². The van der Waals surface area contributed by atoms with Crippen LogP contribution in [0, 0.1) is 0 Å². The van der Waals surface area contributed by atoms with Gasteiger partial charge in [0, 0.05) is 18.5 Å². The van der Waals surface area contributed by atoms with Crippen molar-refractivity contribution in [2.75, 3.05) is 12.4 Å². The lowest BCUT2D eigenvalue weighted by molar-refractivity contribution is 0.219. The molecule has 0 bridgehead atoms. The summed E-state index contributed by atoms with van der Waals surface area (Å²) in [4.78, 5) is 0. The first-order valence-corrected chi connectivity index (χ1v) is 7.76. The fourth-order valence-corrected chi connectivity index (χ4v) is 4.21. The molecule has 0 aromatic rings. The van der Waals surface area contributed by atoms with E-state index < -0.39 is 10.0 Å². The highest BCUT2D eigenvalue weighted by molar-refractivity contribution is 7.90. The zero-order valence-corrected chi connectivity index (χ0v) is 10.4. The number of hydrogen-bond acceptors (Lipinski definition) is 2. The average molecular weight is 252 g/mol. The molecule has 5 heteroatoms. The number of rotatable bonds is 6. The molecule has 2 aliphatic rings. The molecule has 2 fully saturated rings. The quantitative estimate of drug-likeness (QED) is 0.677. The van der Waals surface area contributed by atoms with Gasteiger partial charge in [-0.3, -0.25) is 0 Å². The second-order valence-corrected chi connectivity index (χ2v) is 7.03. The van der Waals surface area contributed by atoms with Gasteiger partial charge < -0.3 is 0 Å². The predicted octanol–water partition coefficient (Wildman–Crippen LogP) is 1.96. The maximum atomic E-state index is 12.1. The summed E-state index contributed by atoms with van der Waals surface area (Å²) >= 11 is 5.64. The number of sulfonamides is 1. The largest absolute Gasteiger partial charge is 0.217 e. The zero-order chi connectivity index (χ0) is 10.9. The Bertz CT molecular complexity index is 309. The van der Waals surface area contributed by atoms with Crippen molar-refractivity contribution in [2.45, 2.75) is 49.8 Å². The Morgan fingerprint density at radius 3 is 2.27 bits per heavy atom. The van der Waals surface area contributed by atoms with Crippen LogP contribution < -0.4 is 0 Å². The molecule has 0 aliphatic heterocycles. The molecule has 0 saturated heterocycles. The van der Waals surface area contributed by atoms with E-state index in [0.717, 1.165) is 32.1 Å². The summed E-state index contributed by atoms with van der Waals surface area (Å²) in [6.45, 7) is 0.618. The highest BCUT2D eigenvalue weighted by atomic mass is 35.5. The van der Waals surface area contributed by atoms with Crippen molar-refractivity contribution < 1.29 is 8.42 Å². The lowest BCUT2D eigenvalue weighted by Crippen LogP contribution is -2.46. The minimum absolute atomic E-state index is 0.0755. The Kier molecular flexibility index (Phi) is 3.58. The van der Waals surface area contributed by atoms with Crippen molar-refractivity contribution in [1.82, 2.24) is 4.31 Å². The second-order valence-electron chi connectivity index (χ2n) is 4.48. The topological polar surface area (TPSA) is 37.4 Å². The number of hydrogen-bond donors (Lipinski definition) is 0. The van der Waals surface area contributed by atoms with Gasteiger partial charge in [-0.15, -0.1) is 11.6 Å². The third-order valence-electron chi connectivity index (χ3n) is 3.27. The Balaban J connectivity index is 2.02. The van der Waals surface area contributed by atoms with Crippen LogP contribution in [-0.4, -0.2) is 36.4 Å². The van der Waals surface area contributed by atoms with Crippen molar-refractivity contribution in [2.24, 2.45) is 0 Å². The van der Waals surface area contributed by atoms with E-state index in [9.17, 15) is 8.42 Å². The van der Waals surface area contributed by atoms with Gasteiger partial charge in [0.2, 0.25) is 10.0 Å². The lowest BCUT2D eigenvalue weighted by atomic mass is 9.93. The van der Waals surface area contributed by atoms with Gasteiger partial charge in [-0.05, 0) is 32.1 Å². The Morgan fingerprint density at radius 1 is 1.20 bits per heavy atom. The Morgan fingerprint density at radius 2 is 1.87 bits per heavy atom. The van der Waals surface area contributed by atoms with Crippen LogP contribution in [-0.2, 0) is 10.0 Å². The van der Waals surface area contributed by atoms with Crippen LogP contribution in [0.15, 0.2) is 0 Å². The molecule has 88 valence electrons. The summed E-state index contributed by atoms with van der Waals surface area (Å²) in [7, 11) is -2.99. The van der Waals surface area contributed by atoms with Crippen molar-refractivity contribution in [1.29, 1.82) is 0 Å². The van der Waals surface area contributed by atoms with Gasteiger partial charge in [0.1, 0.15) is 0 Å². The van der Waals surface area contributed by atoms with Gasteiger partial charge in [-0.25, -0.2) is 8.42 Å². The summed E-state index contributed by atoms with van der Waals surface area (Å²) in [5, 5.41) is -0.0755. The van der Waals surface area contributed by atoms with Gasteiger partial charge in [-0.2, -0.15) is 4.31 Å². The number of nitrogens with zero attached hydrogens (tertiary/aromatic N) is 1. The van der Waals surface area contributed by atoms with Gasteiger partial charge >= 0.3 is 0 Å². The molecule has 15 heavy (non-hydrogen) atoms. The highest BCUT2D eigenvalue weighted by Gasteiger charge is 2.43. The molecule has 0 amide bonds. The highest BCUT2D eigenvalue weighted by Crippen LogP contribution is 2.36. The van der Waals surface area contributed by atoms with Crippen molar-refractivity contribution in [3.63, 3.8) is 0 Å². The van der Waals surface area contributed by atoms with Gasteiger partial charge in [0.25, 0.3) is 0 Å². The summed E-state index contributed by atoms with van der Waals surface area (Å²) in [5.74, 6) is 0.545. The first kappa shape index (κ1) is 11.7. The maximum absolute atomic E-state index is 12.1. The molecule has 2 saturated carbocycles. The van der Waals surface area contributed by atoms with Crippen LogP contribution in [0.5, 0.6) is 0 Å². The fraction of sp³-hybridized carbons (Fsp3) is 1.00. The maximum Gasteiger partial charge on any atom is 0.217 e. The second kappa shape index (κ2) is 4.60. The van der Waals surface area contributed by atoms with E-state index in [0.29, 0.717) is 12.4 Å². The molecule has 0 unspecified atom stereocenters. The minimum atomic E-state index is -2.99. The van der Waals surface area contributed by atoms with E-state index in [2.05, 4.69) is 0 Å². The van der Waals surface area contributed by atoms with Crippen LogP contribution in [0.25, 0.3) is 0 Å². The van der Waals surface area contributed by atoms with E-state index in [1.54, 1.807) is 4.31 Å². The van der Waals surface area contributed by atoms with E-state index in [4.69, 9.17) is 11.6 Å². The smallest absolute Gasteiger partial charge is 0.212 e. The standard InChI is InChI=1S/C10H18ClNO2S/c11-7-2-8-12(9-3-1-4-9)15(13,14)10-5-6-10/h9-10H,1-8H2. The molecule has 0 heterocycles. The monoisotopic (exact) mass is 251 g/mol. The summed E-state index contributed by atoms with van der Waals surface area (Å²) < 4.78 is 26.0. The molecule has 2 rings (SSSR count). The first-order valence-electron chi connectivity index (χ1n) is 5.73. The summed E-state index contributed by atoms with van der Waals surface area (Å²) in [5.41, 5.74) is 0. The van der Waals surface area contributed by atoms with E-state index in [1.807, 2.05) is 0 Å². The van der Waals surface area contributed by atoms with Gasteiger partial charge in [0.05, 0.1) is 5.25 Å². The number of halogens is 1. The van der Waals surface area contributed by atoms with Crippen molar-refractivity contribution in [3.05, 3.63) is 0 Å². The van der Waals surface area contributed by atoms with Crippen LogP contribution in [0.1, 0.15) is 38.5 Å². The van der Waals surface area contributed by atoms with Gasteiger partial charge in [-0.1, -0.05) is 6.42 Å². The first-order chi connectivity index (χ1) is 7.16. The Hall–Kier alpha value is 0.200. The summed E-state index contributed by atoms with van der Waals surface area (Å²) in [6.07, 6.45) is 5.72. The van der Waals surface area contributed by atoms with E-state index in [-0.39, 0.29) is 11.3 Å². The zero-order valence-electron chi connectivity index (χ0n) is 8.86. The van der Waals surface area contributed by atoms with E-state index >= 15 is 0 Å². The molecular weight excluding hydrogens is 234 g/mol. The molecule has 0 spiro atoms. The molecule has 0 N–H and O–H groups in total. The fourth-order valence-electron chi connectivity index (χ4n) is 1.97. The molecule has 0 aromatic heterocycles. The van der Waals surface area contributed by atoms with Crippen molar-refractivity contribution in [3.8, 4) is 0 Å². The summed E-state index contributed by atoms with van der Waals surface area (Å²) in [6, 6.07) is 0.277. The van der Waals surface area contributed by atoms with Crippen LogP contribution in [0.3, 0.4) is 0 Å². The van der Waals surface area contributed by atoms with E-state index in [1.165, 1.54) is 6.42 Å².